The van der Waals surface area contributed by atoms with Gasteiger partial charge >= 0.3 is 0 Å². The van der Waals surface area contributed by atoms with Crippen LogP contribution in [0.15, 0.2) is 46.9 Å². The molecule has 0 atom stereocenters. The second kappa shape index (κ2) is 6.36. The van der Waals surface area contributed by atoms with Crippen LogP contribution in [0, 0.1) is 13.8 Å². The highest BCUT2D eigenvalue weighted by Crippen LogP contribution is 2.30. The van der Waals surface area contributed by atoms with Crippen LogP contribution in [0.4, 0.5) is 0 Å². The van der Waals surface area contributed by atoms with E-state index in [1.165, 1.54) is 0 Å². The Morgan fingerprint density at radius 1 is 1.12 bits per heavy atom. The van der Waals surface area contributed by atoms with E-state index in [9.17, 15) is 4.79 Å². The summed E-state index contributed by atoms with van der Waals surface area (Å²) in [4.78, 5) is 19.4. The maximum Gasteiger partial charge on any atom is 0.254 e. The molecule has 4 rings (SSSR count). The van der Waals surface area contributed by atoms with Crippen molar-refractivity contribution in [1.29, 1.82) is 0 Å². The van der Waals surface area contributed by atoms with E-state index < -0.39 is 0 Å². The Kier molecular flexibility index (Phi) is 4.04. The Morgan fingerprint density at radius 3 is 2.64 bits per heavy atom. The minimum atomic E-state index is 0.136. The first-order valence-corrected chi connectivity index (χ1v) is 8.84. The summed E-state index contributed by atoms with van der Waals surface area (Å²) < 4.78 is 5.91. The molecule has 0 unspecified atom stereocenters. The van der Waals surface area contributed by atoms with Crippen molar-refractivity contribution < 1.29 is 9.21 Å². The van der Waals surface area contributed by atoms with Gasteiger partial charge in [-0.05, 0) is 50.5 Å². The van der Waals surface area contributed by atoms with Crippen LogP contribution >= 0.6 is 0 Å². The summed E-state index contributed by atoms with van der Waals surface area (Å²) in [6.45, 7) is 5.51. The fourth-order valence-electron chi connectivity index (χ4n) is 3.53. The topological polar surface area (TPSA) is 46.3 Å². The van der Waals surface area contributed by atoms with E-state index in [0.717, 1.165) is 59.6 Å². The minimum Gasteiger partial charge on any atom is -0.440 e. The third-order valence-corrected chi connectivity index (χ3v) is 5.07. The number of carbonyl (C=O) groups is 1. The SMILES string of the molecule is Cc1ccc(C)c(C(=O)N2CCC(c3nc4ccccc4o3)CC2)c1. The maximum absolute atomic E-state index is 12.8. The number of nitrogens with zero attached hydrogens (tertiary/aromatic N) is 2. The molecule has 0 spiro atoms. The van der Waals surface area contributed by atoms with Gasteiger partial charge < -0.3 is 9.32 Å². The van der Waals surface area contributed by atoms with Gasteiger partial charge in [0.25, 0.3) is 5.91 Å². The lowest BCUT2D eigenvalue weighted by Crippen LogP contribution is -2.38. The molecule has 4 nitrogen and oxygen atoms in total. The lowest BCUT2D eigenvalue weighted by atomic mass is 9.95. The highest BCUT2D eigenvalue weighted by molar-refractivity contribution is 5.95. The zero-order chi connectivity index (χ0) is 17.4. The van der Waals surface area contributed by atoms with E-state index in [4.69, 9.17) is 4.42 Å². The van der Waals surface area contributed by atoms with Crippen molar-refractivity contribution in [2.45, 2.75) is 32.6 Å². The normalized spacial score (nSPS) is 15.7. The number of piperidine rings is 1. The second-order valence-corrected chi connectivity index (χ2v) is 6.90. The van der Waals surface area contributed by atoms with E-state index in [1.54, 1.807) is 0 Å². The number of benzene rings is 2. The number of fused-ring (bicyclic) bond motifs is 1. The molecule has 1 aromatic heterocycles. The van der Waals surface area contributed by atoms with Gasteiger partial charge in [0.2, 0.25) is 0 Å². The Bertz CT molecular complexity index is 888. The van der Waals surface area contributed by atoms with Gasteiger partial charge in [-0.1, -0.05) is 29.8 Å². The smallest absolute Gasteiger partial charge is 0.254 e. The molecule has 2 aromatic carbocycles. The van der Waals surface area contributed by atoms with Crippen LogP contribution in [0.3, 0.4) is 0 Å². The van der Waals surface area contributed by atoms with Crippen molar-refractivity contribution in [3.05, 3.63) is 65.0 Å². The molecule has 1 saturated heterocycles. The van der Waals surface area contributed by atoms with Gasteiger partial charge in [-0.15, -0.1) is 0 Å². The zero-order valence-corrected chi connectivity index (χ0v) is 14.7. The van der Waals surface area contributed by atoms with E-state index in [1.807, 2.05) is 61.2 Å². The highest BCUT2D eigenvalue weighted by Gasteiger charge is 2.28. The first-order valence-electron chi connectivity index (χ1n) is 8.84. The summed E-state index contributed by atoms with van der Waals surface area (Å²) in [5, 5.41) is 0. The van der Waals surface area contributed by atoms with Gasteiger partial charge in [0.1, 0.15) is 5.52 Å². The van der Waals surface area contributed by atoms with Crippen molar-refractivity contribution in [2.24, 2.45) is 0 Å². The van der Waals surface area contributed by atoms with Gasteiger partial charge in [0.15, 0.2) is 11.5 Å². The molecule has 3 aromatic rings. The molecule has 4 heteroatoms. The first-order chi connectivity index (χ1) is 12.1. The molecule has 1 aliphatic heterocycles. The minimum absolute atomic E-state index is 0.136. The highest BCUT2D eigenvalue weighted by atomic mass is 16.3. The van der Waals surface area contributed by atoms with E-state index >= 15 is 0 Å². The molecule has 0 bridgehead atoms. The van der Waals surface area contributed by atoms with Gasteiger partial charge in [-0.2, -0.15) is 0 Å². The fraction of sp³-hybridized carbons (Fsp3) is 0.333. The second-order valence-electron chi connectivity index (χ2n) is 6.90. The van der Waals surface area contributed by atoms with E-state index in [2.05, 4.69) is 4.98 Å². The number of rotatable bonds is 2. The molecule has 1 amide bonds. The quantitative estimate of drug-likeness (QED) is 0.695. The lowest BCUT2D eigenvalue weighted by molar-refractivity contribution is 0.0706. The van der Waals surface area contributed by atoms with Crippen molar-refractivity contribution in [1.82, 2.24) is 9.88 Å². The summed E-state index contributed by atoms with van der Waals surface area (Å²) in [5.41, 5.74) is 4.73. The predicted octanol–water partition coefficient (Wildman–Crippen LogP) is 4.46. The van der Waals surface area contributed by atoms with Gasteiger partial charge in [0, 0.05) is 24.6 Å². The standard InChI is InChI=1S/C21H22N2O2/c1-14-7-8-15(2)17(13-14)21(24)23-11-9-16(10-12-23)20-22-18-5-3-4-6-19(18)25-20/h3-8,13,16H,9-12H2,1-2H3. The Morgan fingerprint density at radius 2 is 1.88 bits per heavy atom. The average molecular weight is 334 g/mol. The summed E-state index contributed by atoms with van der Waals surface area (Å²) in [7, 11) is 0. The number of carbonyl (C=O) groups excluding carboxylic acids is 1. The maximum atomic E-state index is 12.8. The van der Waals surface area contributed by atoms with Gasteiger partial charge in [0.05, 0.1) is 0 Å². The first kappa shape index (κ1) is 15.9. The molecular formula is C21H22N2O2. The van der Waals surface area contributed by atoms with E-state index in [0.29, 0.717) is 0 Å². The molecule has 0 N–H and O–H groups in total. The Labute approximate surface area is 147 Å². The predicted molar refractivity (Wildman–Crippen MR) is 97.8 cm³/mol. The summed E-state index contributed by atoms with van der Waals surface area (Å²) >= 11 is 0. The van der Waals surface area contributed by atoms with Crippen molar-refractivity contribution >= 4 is 17.0 Å². The molecule has 0 radical (unpaired) electrons. The molecule has 128 valence electrons. The fourth-order valence-corrected chi connectivity index (χ4v) is 3.53. The number of likely N-dealkylation sites (tertiary alicyclic amines) is 1. The third-order valence-electron chi connectivity index (χ3n) is 5.07. The van der Waals surface area contributed by atoms with Crippen LogP contribution < -0.4 is 0 Å². The van der Waals surface area contributed by atoms with Gasteiger partial charge in [-0.25, -0.2) is 4.98 Å². The molecule has 2 heterocycles. The molecule has 25 heavy (non-hydrogen) atoms. The van der Waals surface area contributed by atoms with Crippen LogP contribution in [-0.4, -0.2) is 28.9 Å². The Balaban J connectivity index is 1.47. The summed E-state index contributed by atoms with van der Waals surface area (Å²) in [6, 6.07) is 13.9. The van der Waals surface area contributed by atoms with Crippen LogP contribution in [0.2, 0.25) is 0 Å². The lowest BCUT2D eigenvalue weighted by Gasteiger charge is -2.31. The number of aromatic nitrogens is 1. The number of amides is 1. The third kappa shape index (κ3) is 3.04. The van der Waals surface area contributed by atoms with E-state index in [-0.39, 0.29) is 11.8 Å². The molecule has 0 aliphatic carbocycles. The van der Waals surface area contributed by atoms with Crippen LogP contribution in [0.25, 0.3) is 11.1 Å². The number of oxazole rings is 1. The number of hydrogen-bond donors (Lipinski definition) is 0. The molecule has 1 fully saturated rings. The summed E-state index contributed by atoms with van der Waals surface area (Å²) in [5.74, 6) is 1.23. The van der Waals surface area contributed by atoms with Crippen LogP contribution in [-0.2, 0) is 0 Å². The number of aryl methyl sites for hydroxylation is 2. The molecule has 0 saturated carbocycles. The number of para-hydroxylation sites is 2. The number of hydrogen-bond acceptors (Lipinski definition) is 3. The van der Waals surface area contributed by atoms with Crippen LogP contribution in [0.5, 0.6) is 0 Å². The van der Waals surface area contributed by atoms with Crippen LogP contribution in [0.1, 0.15) is 46.1 Å². The molecular weight excluding hydrogens is 312 g/mol. The largest absolute Gasteiger partial charge is 0.440 e. The van der Waals surface area contributed by atoms with Gasteiger partial charge in [-0.3, -0.25) is 4.79 Å². The van der Waals surface area contributed by atoms with Crippen molar-refractivity contribution in [3.8, 4) is 0 Å². The van der Waals surface area contributed by atoms with Crippen molar-refractivity contribution in [2.75, 3.05) is 13.1 Å². The average Bonchev–Trinajstić information content (AvgIpc) is 3.07. The Hall–Kier alpha value is -2.62. The molecule has 1 aliphatic rings. The zero-order valence-electron chi connectivity index (χ0n) is 14.7. The monoisotopic (exact) mass is 334 g/mol. The van der Waals surface area contributed by atoms with Crippen molar-refractivity contribution in [3.63, 3.8) is 0 Å². The summed E-state index contributed by atoms with van der Waals surface area (Å²) in [6.07, 6.45) is 1.78.